The molecule has 2 aliphatic heterocycles. The van der Waals surface area contributed by atoms with Crippen LogP contribution in [0.4, 0.5) is 0 Å². The predicted molar refractivity (Wildman–Crippen MR) is 92.7 cm³/mol. The number of ether oxygens (including phenoxy) is 3. The van der Waals surface area contributed by atoms with Gasteiger partial charge < -0.3 is 19.1 Å². The fourth-order valence-electron chi connectivity index (χ4n) is 2.68. The Morgan fingerprint density at radius 1 is 1.04 bits per heavy atom. The Bertz CT molecular complexity index is 815. The molecular weight excluding hydrogens is 376 g/mol. The van der Waals surface area contributed by atoms with Crippen molar-refractivity contribution in [2.24, 2.45) is 0 Å². The van der Waals surface area contributed by atoms with Gasteiger partial charge in [0.2, 0.25) is 15.8 Å². The van der Waals surface area contributed by atoms with Crippen molar-refractivity contribution in [2.75, 3.05) is 46.0 Å². The van der Waals surface area contributed by atoms with Gasteiger partial charge in [0.05, 0.1) is 4.90 Å². The highest BCUT2D eigenvalue weighted by molar-refractivity contribution is 7.89. The predicted octanol–water partition coefficient (Wildman–Crippen LogP) is -0.0491. The maximum atomic E-state index is 12.6. The second-order valence-electron chi connectivity index (χ2n) is 5.88. The minimum Gasteiger partial charge on any atom is -0.493 e. The van der Waals surface area contributed by atoms with Crippen LogP contribution >= 0.6 is 0 Å². The molecule has 0 saturated carbocycles. The number of carbonyl (C=O) groups is 2. The Kier molecular flexibility index (Phi) is 5.97. The summed E-state index contributed by atoms with van der Waals surface area (Å²) in [7, 11) is -3.58. The number of amides is 1. The van der Waals surface area contributed by atoms with Gasteiger partial charge in [-0.15, -0.1) is 0 Å². The molecule has 2 aliphatic rings. The molecule has 10 heteroatoms. The zero-order valence-corrected chi connectivity index (χ0v) is 15.4. The van der Waals surface area contributed by atoms with Crippen LogP contribution in [0.3, 0.4) is 0 Å². The molecule has 3 rings (SSSR count). The molecule has 9 nitrogen and oxygen atoms in total. The van der Waals surface area contributed by atoms with Crippen molar-refractivity contribution in [1.82, 2.24) is 9.21 Å². The third-order valence-corrected chi connectivity index (χ3v) is 6.06. The number of nitrogens with zero attached hydrogens (tertiary/aromatic N) is 2. The van der Waals surface area contributed by atoms with Crippen LogP contribution in [0.5, 0.6) is 0 Å². The third kappa shape index (κ3) is 4.58. The van der Waals surface area contributed by atoms with Gasteiger partial charge in [-0.25, -0.2) is 13.2 Å². The molecule has 1 amide bonds. The molecule has 0 aromatic heterocycles. The van der Waals surface area contributed by atoms with Crippen molar-refractivity contribution >= 4 is 21.9 Å². The van der Waals surface area contributed by atoms with Crippen LogP contribution in [0.25, 0.3) is 0 Å². The van der Waals surface area contributed by atoms with Crippen molar-refractivity contribution in [3.63, 3.8) is 0 Å². The summed E-state index contributed by atoms with van der Waals surface area (Å²) >= 11 is 0. The summed E-state index contributed by atoms with van der Waals surface area (Å²) in [5.74, 6) is -1.24. The maximum Gasteiger partial charge on any atom is 0.377 e. The van der Waals surface area contributed by atoms with Gasteiger partial charge in [0.25, 0.3) is 5.91 Å². The summed E-state index contributed by atoms with van der Waals surface area (Å²) in [6.45, 7) is 0.969. The lowest BCUT2D eigenvalue weighted by molar-refractivity contribution is -0.153. The molecule has 1 saturated heterocycles. The summed E-state index contributed by atoms with van der Waals surface area (Å²) in [5, 5.41) is 0. The van der Waals surface area contributed by atoms with E-state index >= 15 is 0 Å². The van der Waals surface area contributed by atoms with E-state index in [0.717, 1.165) is 6.26 Å². The van der Waals surface area contributed by atoms with E-state index in [1.165, 1.54) is 21.3 Å². The van der Waals surface area contributed by atoms with Gasteiger partial charge in [0.15, 0.2) is 6.61 Å². The number of piperazine rings is 1. The quantitative estimate of drug-likeness (QED) is 0.643. The normalized spacial score (nSPS) is 18.1. The number of hydrogen-bond acceptors (Lipinski definition) is 7. The number of rotatable bonds is 5. The zero-order valence-electron chi connectivity index (χ0n) is 14.6. The molecule has 0 atom stereocenters. The molecule has 1 aromatic rings. The van der Waals surface area contributed by atoms with Crippen LogP contribution in [0.15, 0.2) is 47.2 Å². The van der Waals surface area contributed by atoms with Gasteiger partial charge in [-0.2, -0.15) is 4.31 Å². The van der Waals surface area contributed by atoms with Gasteiger partial charge in [-0.3, -0.25) is 4.79 Å². The number of carbonyl (C=O) groups excluding carboxylic acids is 2. The molecule has 1 fully saturated rings. The average Bonchev–Trinajstić information content (AvgIpc) is 2.73. The number of sulfonamides is 1. The van der Waals surface area contributed by atoms with Crippen LogP contribution in [-0.4, -0.2) is 75.5 Å². The molecule has 0 spiro atoms. The molecule has 0 bridgehead atoms. The van der Waals surface area contributed by atoms with Crippen LogP contribution in [0.1, 0.15) is 0 Å². The van der Waals surface area contributed by atoms with Crippen molar-refractivity contribution in [3.05, 3.63) is 42.4 Å². The summed E-state index contributed by atoms with van der Waals surface area (Å²) < 4.78 is 41.5. The molecule has 27 heavy (non-hydrogen) atoms. The highest BCUT2D eigenvalue weighted by Gasteiger charge is 2.30. The second kappa shape index (κ2) is 8.40. The SMILES string of the molecule is O=C(OCC(=O)N1CCN(S(=O)(=O)c2ccccc2)CC1)C1=COCCO1. The molecule has 0 N–H and O–H groups in total. The Hall–Kier alpha value is -2.59. The average molecular weight is 396 g/mol. The van der Waals surface area contributed by atoms with Crippen LogP contribution in [-0.2, 0) is 33.8 Å². The van der Waals surface area contributed by atoms with Gasteiger partial charge in [0.1, 0.15) is 19.5 Å². The van der Waals surface area contributed by atoms with E-state index in [0.29, 0.717) is 6.61 Å². The van der Waals surface area contributed by atoms with Crippen molar-refractivity contribution < 1.29 is 32.2 Å². The lowest BCUT2D eigenvalue weighted by Gasteiger charge is -2.33. The summed E-state index contributed by atoms with van der Waals surface area (Å²) in [4.78, 5) is 25.7. The standard InChI is InChI=1S/C17H20N2O7S/c20-16(13-26-17(21)15-12-24-10-11-25-15)18-6-8-19(9-7-18)27(22,23)14-4-2-1-3-5-14/h1-5,12H,6-11,13H2. The first-order valence-electron chi connectivity index (χ1n) is 8.43. The fraction of sp³-hybridized carbons (Fsp3) is 0.412. The minimum atomic E-state index is -3.58. The first-order chi connectivity index (χ1) is 13.0. The van der Waals surface area contributed by atoms with E-state index < -0.39 is 28.5 Å². The van der Waals surface area contributed by atoms with Gasteiger partial charge in [-0.1, -0.05) is 18.2 Å². The van der Waals surface area contributed by atoms with E-state index in [4.69, 9.17) is 14.2 Å². The monoisotopic (exact) mass is 396 g/mol. The number of benzene rings is 1. The highest BCUT2D eigenvalue weighted by Crippen LogP contribution is 2.17. The topological polar surface area (TPSA) is 102 Å². The van der Waals surface area contributed by atoms with Crippen molar-refractivity contribution in [1.29, 1.82) is 0 Å². The van der Waals surface area contributed by atoms with Crippen LogP contribution in [0, 0.1) is 0 Å². The minimum absolute atomic E-state index is 0.0761. The van der Waals surface area contributed by atoms with Gasteiger partial charge >= 0.3 is 5.97 Å². The summed E-state index contributed by atoms with van der Waals surface area (Å²) in [5.41, 5.74) is 0. The third-order valence-electron chi connectivity index (χ3n) is 4.15. The first kappa shape index (κ1) is 19.2. The first-order valence-corrected chi connectivity index (χ1v) is 9.87. The Balaban J connectivity index is 1.49. The van der Waals surface area contributed by atoms with Crippen LogP contribution in [0.2, 0.25) is 0 Å². The second-order valence-corrected chi connectivity index (χ2v) is 7.81. The van der Waals surface area contributed by atoms with Crippen molar-refractivity contribution in [3.8, 4) is 0 Å². The molecule has 0 aliphatic carbocycles. The molecular formula is C17H20N2O7S. The largest absolute Gasteiger partial charge is 0.493 e. The molecule has 0 radical (unpaired) electrons. The maximum absolute atomic E-state index is 12.6. The Morgan fingerprint density at radius 3 is 2.37 bits per heavy atom. The summed E-state index contributed by atoms with van der Waals surface area (Å²) in [6, 6.07) is 8.16. The Morgan fingerprint density at radius 2 is 1.74 bits per heavy atom. The fourth-order valence-corrected chi connectivity index (χ4v) is 4.13. The zero-order chi connectivity index (χ0) is 19.3. The van der Waals surface area contributed by atoms with E-state index in [1.807, 2.05) is 0 Å². The lowest BCUT2D eigenvalue weighted by atomic mass is 10.3. The molecule has 2 heterocycles. The van der Waals surface area contributed by atoms with Gasteiger partial charge in [-0.05, 0) is 12.1 Å². The lowest BCUT2D eigenvalue weighted by Crippen LogP contribution is -2.51. The van der Waals surface area contributed by atoms with E-state index in [1.54, 1.807) is 18.2 Å². The van der Waals surface area contributed by atoms with E-state index in [9.17, 15) is 18.0 Å². The molecule has 1 aromatic carbocycles. The Labute approximate surface area is 157 Å². The number of hydrogen-bond donors (Lipinski definition) is 0. The molecule has 146 valence electrons. The van der Waals surface area contributed by atoms with Crippen molar-refractivity contribution in [2.45, 2.75) is 4.90 Å². The summed E-state index contributed by atoms with van der Waals surface area (Å²) in [6.07, 6.45) is 1.16. The van der Waals surface area contributed by atoms with E-state index in [2.05, 4.69) is 0 Å². The highest BCUT2D eigenvalue weighted by atomic mass is 32.2. The number of esters is 1. The van der Waals surface area contributed by atoms with E-state index in [-0.39, 0.29) is 43.4 Å². The van der Waals surface area contributed by atoms with Crippen LogP contribution < -0.4 is 0 Å². The molecule has 0 unspecified atom stereocenters. The smallest absolute Gasteiger partial charge is 0.377 e. The van der Waals surface area contributed by atoms with Gasteiger partial charge in [0, 0.05) is 26.2 Å².